The van der Waals surface area contributed by atoms with E-state index in [0.717, 1.165) is 11.1 Å². The van der Waals surface area contributed by atoms with E-state index in [9.17, 15) is 38.4 Å². The van der Waals surface area contributed by atoms with Crippen LogP contribution in [0.25, 0.3) is 0 Å². The number of ketones is 3. The maximum Gasteiger partial charge on any atom is 0.329 e. The number of hydrogen-bond donors (Lipinski definition) is 2. The summed E-state index contributed by atoms with van der Waals surface area (Å²) in [5, 5.41) is 11.7. The molecule has 0 saturated carbocycles. The number of ether oxygens (including phenoxy) is 2. The van der Waals surface area contributed by atoms with Crippen molar-refractivity contribution in [1.29, 1.82) is 0 Å². The number of hydrogen-bond acceptors (Lipinski definition) is 13. The molecule has 20 heteroatoms. The van der Waals surface area contributed by atoms with Crippen molar-refractivity contribution in [2.24, 2.45) is 41.4 Å². The van der Waals surface area contributed by atoms with Crippen LogP contribution in [0.1, 0.15) is 169 Å². The summed E-state index contributed by atoms with van der Waals surface area (Å²) in [7, 11) is -6.47. The van der Waals surface area contributed by atoms with E-state index >= 15 is 0 Å². The summed E-state index contributed by atoms with van der Waals surface area (Å²) in [6.07, 6.45) is -0.353. The van der Waals surface area contributed by atoms with Crippen molar-refractivity contribution >= 4 is 72.0 Å². The number of carboxylic acids is 1. The van der Waals surface area contributed by atoms with Gasteiger partial charge in [0.15, 0.2) is 42.3 Å². The van der Waals surface area contributed by atoms with Crippen molar-refractivity contribution in [3.8, 4) is 0 Å². The Bertz CT molecular complexity index is 2520. The number of Topliss-reactive ketones (excluding diaryl/α,β-unsaturated/α-hetero) is 3. The number of carboxylic acid groups (broad SMARTS) is 1. The molecule has 0 spiro atoms. The van der Waals surface area contributed by atoms with Gasteiger partial charge in [-0.15, -0.1) is 0 Å². The first-order chi connectivity index (χ1) is 39.1. The Morgan fingerprint density at radius 1 is 0.545 bits per heavy atom. The van der Waals surface area contributed by atoms with E-state index in [1.54, 1.807) is 13.8 Å². The summed E-state index contributed by atoms with van der Waals surface area (Å²) in [6, 6.07) is 17.3. The Kier molecular flexibility index (Phi) is 36.1. The van der Waals surface area contributed by atoms with Crippen LogP contribution in [-0.4, -0.2) is 119 Å². The Morgan fingerprint density at radius 2 is 0.886 bits per heavy atom. The first kappa shape index (κ1) is 86.1. The predicted octanol–water partition coefficient (Wildman–Crippen LogP) is 14.3. The van der Waals surface area contributed by atoms with Gasteiger partial charge in [-0.1, -0.05) is 178 Å². The zero-order valence-corrected chi connectivity index (χ0v) is 63.5. The molecule has 0 radical (unpaired) electrons. The van der Waals surface area contributed by atoms with Gasteiger partial charge in [0.2, 0.25) is 11.8 Å². The van der Waals surface area contributed by atoms with Crippen molar-refractivity contribution < 1.29 is 86.6 Å². The molecule has 0 aliphatic carbocycles. The zero-order chi connectivity index (χ0) is 66.8. The minimum absolute atomic E-state index is 0. The Labute approximate surface area is 548 Å². The molecule has 1 aliphatic rings. The fourth-order valence-corrected chi connectivity index (χ4v) is 12.4. The third-order valence-electron chi connectivity index (χ3n) is 17.3. The molecule has 1 saturated heterocycles. The predicted molar refractivity (Wildman–Crippen MR) is 356 cm³/mol. The van der Waals surface area contributed by atoms with E-state index < -0.39 is 96.9 Å². The molecule has 1 fully saturated rings. The standard InChI is InChI=1S/C32H52N2O6Si.C21H34O4Si.C14H28O4Si.CH3.Pd/c1-21(2)19-25(30(37)34-18-14-17-26(34)31(38)39-20-24-15-12-11-13-16-24)33-29(36)23(5)27(35)28(22(3)4)40-41(9,10)32(6,7)8;1-15(2)19(25-26(7,8)21(4,5)6)18(22)16(3)20(23)24-14-17-12-10-9-11-13-17;1-9(2)12(11(15)10(3)13(16)17)18-19(7,8)14(4,5)6;;/h11-13,15-16,21-23,25-26,28H,14,17-20H2,1-10H3,(H,33,36);9-13,15-16,19H,14H2,1-8H3;9-10,12H,1-8H3,(H,16,17);1H3;/q;;;-1;/t23?,25-,26-,28-;16?,19-;10?,12-;;/m011../s1. The smallest absolute Gasteiger partial charge is 0.329 e. The summed E-state index contributed by atoms with van der Waals surface area (Å²) in [4.78, 5) is 104. The number of aliphatic carboxylic acids is 1. The number of nitrogens with zero attached hydrogens (tertiary/aromatic N) is 1. The van der Waals surface area contributed by atoms with Crippen LogP contribution in [0.3, 0.4) is 0 Å². The Morgan fingerprint density at radius 3 is 1.22 bits per heavy atom. The van der Waals surface area contributed by atoms with Gasteiger partial charge in [-0.2, -0.15) is 0 Å². The molecule has 0 bridgehead atoms. The minimum Gasteiger partial charge on any atom is -0.481 e. The average molecular weight is 1380 g/mol. The van der Waals surface area contributed by atoms with Crippen molar-refractivity contribution in [2.45, 2.75) is 256 Å². The molecule has 506 valence electrons. The molecule has 2 N–H and O–H groups in total. The number of esters is 2. The van der Waals surface area contributed by atoms with Gasteiger partial charge in [0.05, 0.1) is 5.92 Å². The Balaban J connectivity index is 0. The maximum atomic E-state index is 13.7. The maximum absolute atomic E-state index is 13.7. The molecular weight excluding hydrogens is 1260 g/mol. The van der Waals surface area contributed by atoms with Crippen LogP contribution in [-0.2, 0) is 94.7 Å². The first-order valence-corrected chi connectivity index (χ1v) is 39.8. The SMILES string of the molecule is CC(C(=O)O)C(=O)[C@H](O[Si](C)(C)C(C)(C)C)C(C)C.CC(C(=O)OCc1ccccc1)C(=O)[C@H](O[Si](C)(C)C(C)(C)C)C(C)C.CC(C)C[C@H](NC(=O)C(C)C(=O)[C@@H](O[Si](C)(C)C(C)(C)C)C(C)C)C(=O)N1CCC[C@H]1C(=O)OCc1ccccc1.[CH3-].[Pd]. The first-order valence-electron chi connectivity index (χ1n) is 31.0. The molecule has 88 heavy (non-hydrogen) atoms. The Hall–Kier alpha value is -4.01. The molecule has 1 heterocycles. The third-order valence-corrected chi connectivity index (χ3v) is 30.7. The van der Waals surface area contributed by atoms with Crippen LogP contribution in [0.2, 0.25) is 54.4 Å². The van der Waals surface area contributed by atoms with Crippen LogP contribution < -0.4 is 5.32 Å². The monoisotopic (exact) mass is 1380 g/mol. The van der Waals surface area contributed by atoms with E-state index in [0.29, 0.717) is 25.8 Å². The van der Waals surface area contributed by atoms with E-state index in [2.05, 4.69) is 107 Å². The molecular formula is C68H117N2O14PdSi3-. The van der Waals surface area contributed by atoms with Gasteiger partial charge in [0.1, 0.15) is 55.4 Å². The number of rotatable bonds is 27. The fourth-order valence-electron chi connectivity index (χ4n) is 8.30. The van der Waals surface area contributed by atoms with Crippen molar-refractivity contribution in [2.75, 3.05) is 6.54 Å². The molecule has 2 amide bonds. The second-order valence-corrected chi connectivity index (χ2v) is 43.7. The van der Waals surface area contributed by atoms with Gasteiger partial charge in [0, 0.05) is 27.0 Å². The molecule has 1 aliphatic heterocycles. The second-order valence-electron chi connectivity index (χ2n) is 29.4. The van der Waals surface area contributed by atoms with Gasteiger partial charge in [-0.05, 0) is 129 Å². The fraction of sp³-hybridized carbons (Fsp3) is 0.691. The largest absolute Gasteiger partial charge is 0.481 e. The van der Waals surface area contributed by atoms with Gasteiger partial charge in [-0.3, -0.25) is 33.6 Å². The minimum atomic E-state index is -2.27. The quantitative estimate of drug-likeness (QED) is 0.0368. The van der Waals surface area contributed by atoms with Crippen molar-refractivity contribution in [3.63, 3.8) is 0 Å². The van der Waals surface area contributed by atoms with Crippen molar-refractivity contribution in [3.05, 3.63) is 79.2 Å². The van der Waals surface area contributed by atoms with Crippen molar-refractivity contribution in [1.82, 2.24) is 10.2 Å². The summed E-state index contributed by atoms with van der Waals surface area (Å²) < 4.78 is 29.8. The molecule has 2 aromatic carbocycles. The summed E-state index contributed by atoms with van der Waals surface area (Å²) in [5.74, 6) is -6.50. The van der Waals surface area contributed by atoms with E-state index in [1.807, 2.05) is 116 Å². The van der Waals surface area contributed by atoms with Crippen LogP contribution >= 0.6 is 0 Å². The van der Waals surface area contributed by atoms with Gasteiger partial charge >= 0.3 is 17.9 Å². The van der Waals surface area contributed by atoms with Crippen LogP contribution in [0.15, 0.2) is 60.7 Å². The van der Waals surface area contributed by atoms with Gasteiger partial charge in [-0.25, -0.2) is 4.79 Å². The number of nitrogens with one attached hydrogen (secondary N) is 1. The number of carbonyl (C=O) groups excluding carboxylic acids is 7. The number of amides is 2. The van der Waals surface area contributed by atoms with Crippen LogP contribution in [0, 0.1) is 48.9 Å². The van der Waals surface area contributed by atoms with Crippen LogP contribution in [0.4, 0.5) is 0 Å². The second kappa shape index (κ2) is 36.9. The third kappa shape index (κ3) is 26.7. The zero-order valence-electron chi connectivity index (χ0n) is 59.0. The topological polar surface area (TPSA) is 218 Å². The molecule has 3 rings (SSSR count). The van der Waals surface area contributed by atoms with Gasteiger partial charge < -0.3 is 45.5 Å². The number of carbonyl (C=O) groups is 8. The molecule has 3 unspecified atom stereocenters. The molecule has 16 nitrogen and oxygen atoms in total. The number of likely N-dealkylation sites (tertiary alicyclic amines) is 1. The molecule has 2 aromatic rings. The summed E-state index contributed by atoms with van der Waals surface area (Å²) in [6.45, 7) is 52.5. The van der Waals surface area contributed by atoms with E-state index in [-0.39, 0.29) is 103 Å². The number of benzene rings is 2. The van der Waals surface area contributed by atoms with Gasteiger partial charge in [0.25, 0.3) is 0 Å². The average Bonchev–Trinajstić information content (AvgIpc) is 3.95. The normalized spacial score (nSPS) is 16.4. The summed E-state index contributed by atoms with van der Waals surface area (Å²) >= 11 is 0. The molecule has 0 aromatic heterocycles. The summed E-state index contributed by atoms with van der Waals surface area (Å²) in [5.41, 5.74) is 1.77. The molecule has 8 atom stereocenters. The van der Waals surface area contributed by atoms with Crippen LogP contribution in [0.5, 0.6) is 0 Å². The van der Waals surface area contributed by atoms with E-state index in [4.69, 9.17) is 27.9 Å². The van der Waals surface area contributed by atoms with E-state index in [1.165, 1.54) is 11.8 Å².